The minimum absolute atomic E-state index is 0.230. The van der Waals surface area contributed by atoms with Crippen LogP contribution >= 0.6 is 11.6 Å². The predicted octanol–water partition coefficient (Wildman–Crippen LogP) is 3.71. The van der Waals surface area contributed by atoms with Crippen molar-refractivity contribution in [3.05, 3.63) is 70.8 Å². The number of aryl methyl sites for hydroxylation is 1. The van der Waals surface area contributed by atoms with E-state index in [2.05, 4.69) is 25.6 Å². The highest BCUT2D eigenvalue weighted by Gasteiger charge is 2.14. The SMILES string of the molecule is COc1cc(Cl)c(C)cc1NC(=O)c1ccnc(NCc2cccnc2)n1. The first-order chi connectivity index (χ1) is 13.1. The molecule has 2 N–H and O–H groups in total. The van der Waals surface area contributed by atoms with Gasteiger partial charge < -0.3 is 15.4 Å². The van der Waals surface area contributed by atoms with E-state index in [9.17, 15) is 4.79 Å². The smallest absolute Gasteiger partial charge is 0.274 e. The van der Waals surface area contributed by atoms with E-state index in [1.807, 2.05) is 19.1 Å². The van der Waals surface area contributed by atoms with E-state index in [0.29, 0.717) is 29.0 Å². The van der Waals surface area contributed by atoms with Gasteiger partial charge in [0.15, 0.2) is 0 Å². The highest BCUT2D eigenvalue weighted by molar-refractivity contribution is 6.31. The van der Waals surface area contributed by atoms with Gasteiger partial charge in [-0.3, -0.25) is 9.78 Å². The molecule has 0 spiro atoms. The molecule has 3 rings (SSSR count). The van der Waals surface area contributed by atoms with Gasteiger partial charge in [0.2, 0.25) is 5.95 Å². The van der Waals surface area contributed by atoms with Gasteiger partial charge in [0, 0.05) is 36.2 Å². The second-order valence-electron chi connectivity index (χ2n) is 5.74. The molecule has 0 bridgehead atoms. The van der Waals surface area contributed by atoms with Crippen LogP contribution in [0.5, 0.6) is 5.75 Å². The summed E-state index contributed by atoms with van der Waals surface area (Å²) in [7, 11) is 1.52. The number of carbonyl (C=O) groups excluding carboxylic acids is 1. The first kappa shape index (κ1) is 18.6. The van der Waals surface area contributed by atoms with Gasteiger partial charge in [0.05, 0.1) is 12.8 Å². The number of ether oxygens (including phenoxy) is 1. The third-order valence-corrected chi connectivity index (χ3v) is 4.20. The molecule has 0 radical (unpaired) electrons. The number of hydrogen-bond donors (Lipinski definition) is 2. The summed E-state index contributed by atoms with van der Waals surface area (Å²) < 4.78 is 5.28. The summed E-state index contributed by atoms with van der Waals surface area (Å²) >= 11 is 6.10. The van der Waals surface area contributed by atoms with E-state index in [1.54, 1.807) is 30.6 Å². The summed E-state index contributed by atoms with van der Waals surface area (Å²) in [6.45, 7) is 2.35. The van der Waals surface area contributed by atoms with Crippen LogP contribution in [0.1, 0.15) is 21.6 Å². The van der Waals surface area contributed by atoms with Crippen molar-refractivity contribution in [2.45, 2.75) is 13.5 Å². The van der Waals surface area contributed by atoms with E-state index in [0.717, 1.165) is 11.1 Å². The first-order valence-electron chi connectivity index (χ1n) is 8.18. The van der Waals surface area contributed by atoms with E-state index in [4.69, 9.17) is 16.3 Å². The fraction of sp³-hybridized carbons (Fsp3) is 0.158. The molecule has 1 amide bonds. The first-order valence-corrected chi connectivity index (χ1v) is 8.56. The molecule has 0 aliphatic heterocycles. The van der Waals surface area contributed by atoms with Crippen molar-refractivity contribution in [1.29, 1.82) is 0 Å². The minimum Gasteiger partial charge on any atom is -0.495 e. The fourth-order valence-corrected chi connectivity index (χ4v) is 2.52. The van der Waals surface area contributed by atoms with Crippen molar-refractivity contribution in [3.63, 3.8) is 0 Å². The number of benzene rings is 1. The molecule has 0 saturated carbocycles. The topological polar surface area (TPSA) is 89.0 Å². The molecular weight excluding hydrogens is 366 g/mol. The minimum atomic E-state index is -0.373. The van der Waals surface area contributed by atoms with Crippen LogP contribution in [0.3, 0.4) is 0 Å². The molecule has 27 heavy (non-hydrogen) atoms. The van der Waals surface area contributed by atoms with Crippen LogP contribution in [0, 0.1) is 6.92 Å². The third-order valence-electron chi connectivity index (χ3n) is 3.79. The number of rotatable bonds is 6. The summed E-state index contributed by atoms with van der Waals surface area (Å²) in [6.07, 6.45) is 4.98. The molecule has 3 aromatic rings. The number of amides is 1. The number of methoxy groups -OCH3 is 1. The van der Waals surface area contributed by atoms with Gasteiger partial charge in [-0.25, -0.2) is 9.97 Å². The zero-order chi connectivity index (χ0) is 19.2. The maximum atomic E-state index is 12.6. The Morgan fingerprint density at radius 3 is 2.85 bits per heavy atom. The number of carbonyl (C=O) groups is 1. The van der Waals surface area contributed by atoms with Crippen LogP contribution in [0.25, 0.3) is 0 Å². The maximum Gasteiger partial charge on any atom is 0.274 e. The van der Waals surface area contributed by atoms with Gasteiger partial charge in [-0.2, -0.15) is 0 Å². The highest BCUT2D eigenvalue weighted by Crippen LogP contribution is 2.31. The fourth-order valence-electron chi connectivity index (χ4n) is 2.37. The molecule has 2 heterocycles. The van der Waals surface area contributed by atoms with Gasteiger partial charge in [0.25, 0.3) is 5.91 Å². The molecular formula is C19H18ClN5O2. The second-order valence-corrected chi connectivity index (χ2v) is 6.14. The van der Waals surface area contributed by atoms with Crippen LogP contribution in [0.2, 0.25) is 5.02 Å². The lowest BCUT2D eigenvalue weighted by Crippen LogP contribution is -2.16. The molecule has 0 aliphatic rings. The number of nitrogens with one attached hydrogen (secondary N) is 2. The number of halogens is 1. The Labute approximate surface area is 161 Å². The lowest BCUT2D eigenvalue weighted by atomic mass is 10.2. The Morgan fingerprint density at radius 1 is 1.26 bits per heavy atom. The summed E-state index contributed by atoms with van der Waals surface area (Å²) in [4.78, 5) is 25.0. The van der Waals surface area contributed by atoms with Crippen LogP contribution in [-0.2, 0) is 6.54 Å². The lowest BCUT2D eigenvalue weighted by molar-refractivity contribution is 0.102. The van der Waals surface area contributed by atoms with Crippen molar-refractivity contribution < 1.29 is 9.53 Å². The van der Waals surface area contributed by atoms with E-state index < -0.39 is 0 Å². The van der Waals surface area contributed by atoms with Gasteiger partial charge in [0.1, 0.15) is 11.4 Å². The Bertz CT molecular complexity index is 950. The molecule has 0 saturated heterocycles. The van der Waals surface area contributed by atoms with Crippen LogP contribution in [0.15, 0.2) is 48.9 Å². The number of nitrogens with zero attached hydrogens (tertiary/aromatic N) is 3. The zero-order valence-electron chi connectivity index (χ0n) is 14.9. The average molecular weight is 384 g/mol. The number of aromatic nitrogens is 3. The molecule has 0 fully saturated rings. The van der Waals surface area contributed by atoms with Gasteiger partial charge >= 0.3 is 0 Å². The summed E-state index contributed by atoms with van der Waals surface area (Å²) in [5.41, 5.74) is 2.56. The second kappa shape index (κ2) is 8.46. The van der Waals surface area contributed by atoms with Crippen molar-refractivity contribution in [1.82, 2.24) is 15.0 Å². The zero-order valence-corrected chi connectivity index (χ0v) is 15.6. The normalized spacial score (nSPS) is 10.3. The molecule has 0 unspecified atom stereocenters. The molecule has 138 valence electrons. The molecule has 7 nitrogen and oxygen atoms in total. The van der Waals surface area contributed by atoms with Crippen LogP contribution < -0.4 is 15.4 Å². The number of pyridine rings is 1. The average Bonchev–Trinajstić information content (AvgIpc) is 2.70. The van der Waals surface area contributed by atoms with Crippen LogP contribution in [0.4, 0.5) is 11.6 Å². The van der Waals surface area contributed by atoms with Gasteiger partial charge in [-0.1, -0.05) is 17.7 Å². The summed E-state index contributed by atoms with van der Waals surface area (Å²) in [5.74, 6) is 0.454. The van der Waals surface area contributed by atoms with Crippen LogP contribution in [-0.4, -0.2) is 28.0 Å². The molecule has 0 aliphatic carbocycles. The molecule has 2 aromatic heterocycles. The Morgan fingerprint density at radius 2 is 2.11 bits per heavy atom. The Hall–Kier alpha value is -3.19. The van der Waals surface area contributed by atoms with Gasteiger partial charge in [-0.15, -0.1) is 0 Å². The molecule has 8 heteroatoms. The monoisotopic (exact) mass is 383 g/mol. The largest absolute Gasteiger partial charge is 0.495 e. The lowest BCUT2D eigenvalue weighted by Gasteiger charge is -2.12. The quantitative estimate of drug-likeness (QED) is 0.674. The van der Waals surface area contributed by atoms with Crippen molar-refractivity contribution >= 4 is 29.1 Å². The van der Waals surface area contributed by atoms with Gasteiger partial charge in [-0.05, 0) is 36.2 Å². The van der Waals surface area contributed by atoms with E-state index >= 15 is 0 Å². The highest BCUT2D eigenvalue weighted by atomic mass is 35.5. The van der Waals surface area contributed by atoms with Crippen molar-refractivity contribution in [2.24, 2.45) is 0 Å². The Kier molecular flexibility index (Phi) is 5.83. The molecule has 1 aromatic carbocycles. The van der Waals surface area contributed by atoms with E-state index in [1.165, 1.54) is 13.3 Å². The molecule has 0 atom stereocenters. The number of hydrogen-bond acceptors (Lipinski definition) is 6. The predicted molar refractivity (Wildman–Crippen MR) is 104 cm³/mol. The Balaban J connectivity index is 1.73. The summed E-state index contributed by atoms with van der Waals surface area (Å²) in [6, 6.07) is 8.74. The summed E-state index contributed by atoms with van der Waals surface area (Å²) in [5, 5.41) is 6.43. The van der Waals surface area contributed by atoms with E-state index in [-0.39, 0.29) is 11.6 Å². The van der Waals surface area contributed by atoms with Crippen molar-refractivity contribution in [3.8, 4) is 5.75 Å². The standard InChI is InChI=1S/C19H18ClN5O2/c1-12-8-16(17(27-2)9-14(12)20)24-18(26)15-5-7-22-19(25-15)23-11-13-4-3-6-21-10-13/h3-10H,11H2,1-2H3,(H,24,26)(H,22,23,25). The number of anilines is 2. The third kappa shape index (κ3) is 4.71. The maximum absolute atomic E-state index is 12.6. The van der Waals surface area contributed by atoms with Crippen molar-refractivity contribution in [2.75, 3.05) is 17.7 Å².